The Kier molecular flexibility index (Phi) is 1.81. The van der Waals surface area contributed by atoms with Crippen LogP contribution in [0.1, 0.15) is 24.4 Å². The molecule has 2 nitrogen and oxygen atoms in total. The number of benzene rings is 1. The highest BCUT2D eigenvalue weighted by Crippen LogP contribution is 2.29. The van der Waals surface area contributed by atoms with Crippen molar-refractivity contribution in [3.8, 4) is 0 Å². The lowest BCUT2D eigenvalue weighted by Crippen LogP contribution is -2.12. The molecule has 1 unspecified atom stereocenters. The van der Waals surface area contributed by atoms with Crippen LogP contribution in [0, 0.1) is 0 Å². The third-order valence-corrected chi connectivity index (χ3v) is 2.95. The van der Waals surface area contributed by atoms with Gasteiger partial charge >= 0.3 is 0 Å². The van der Waals surface area contributed by atoms with E-state index < -0.39 is 0 Å². The second-order valence-electron chi connectivity index (χ2n) is 3.84. The van der Waals surface area contributed by atoms with E-state index in [-0.39, 0.29) is 0 Å². The summed E-state index contributed by atoms with van der Waals surface area (Å²) in [6, 6.07) is 8.87. The van der Waals surface area contributed by atoms with Crippen LogP contribution in [0.3, 0.4) is 0 Å². The molecule has 0 amide bonds. The van der Waals surface area contributed by atoms with E-state index >= 15 is 0 Å². The minimum atomic E-state index is 0.491. The molecule has 1 aliphatic heterocycles. The molecule has 0 spiro atoms. The largest absolute Gasteiger partial charge is 0.464 e. The van der Waals surface area contributed by atoms with Crippen LogP contribution in [0.5, 0.6) is 0 Å². The Morgan fingerprint density at radius 3 is 3.14 bits per heavy atom. The summed E-state index contributed by atoms with van der Waals surface area (Å²) in [4.78, 5) is 0. The predicted octanol–water partition coefficient (Wildman–Crippen LogP) is 2.86. The molecule has 14 heavy (non-hydrogen) atoms. The summed E-state index contributed by atoms with van der Waals surface area (Å²) in [6.07, 6.45) is 4.25. The first kappa shape index (κ1) is 8.06. The van der Waals surface area contributed by atoms with Crippen molar-refractivity contribution in [2.45, 2.75) is 18.9 Å². The topological polar surface area (TPSA) is 25.2 Å². The average molecular weight is 187 g/mol. The third-order valence-electron chi connectivity index (χ3n) is 2.95. The number of nitrogens with one attached hydrogen (secondary N) is 1. The second kappa shape index (κ2) is 3.14. The summed E-state index contributed by atoms with van der Waals surface area (Å²) in [5, 5.41) is 4.70. The van der Waals surface area contributed by atoms with Crippen molar-refractivity contribution in [3.63, 3.8) is 0 Å². The van der Waals surface area contributed by atoms with Crippen molar-refractivity contribution in [2.75, 3.05) is 6.54 Å². The van der Waals surface area contributed by atoms with Gasteiger partial charge in [-0.3, -0.25) is 0 Å². The molecule has 1 aromatic heterocycles. The minimum absolute atomic E-state index is 0.491. The van der Waals surface area contributed by atoms with Gasteiger partial charge in [-0.2, -0.15) is 0 Å². The van der Waals surface area contributed by atoms with Gasteiger partial charge in [0.2, 0.25) is 0 Å². The molecule has 1 saturated heterocycles. The quantitative estimate of drug-likeness (QED) is 0.742. The Hall–Kier alpha value is -1.28. The summed E-state index contributed by atoms with van der Waals surface area (Å²) < 4.78 is 5.52. The van der Waals surface area contributed by atoms with Crippen molar-refractivity contribution in [3.05, 3.63) is 36.1 Å². The van der Waals surface area contributed by atoms with Crippen LogP contribution in [0.25, 0.3) is 11.0 Å². The molecule has 1 aromatic carbocycles. The molecule has 2 heterocycles. The lowest BCUT2D eigenvalue weighted by Gasteiger charge is -2.10. The van der Waals surface area contributed by atoms with E-state index in [1.54, 1.807) is 6.26 Å². The Labute approximate surface area is 82.9 Å². The number of fused-ring (bicyclic) bond motifs is 1. The van der Waals surface area contributed by atoms with E-state index in [9.17, 15) is 0 Å². The first-order valence-corrected chi connectivity index (χ1v) is 5.15. The molecule has 3 rings (SSSR count). The Morgan fingerprint density at radius 1 is 1.29 bits per heavy atom. The van der Waals surface area contributed by atoms with Crippen LogP contribution >= 0.6 is 0 Å². The number of hydrogen-bond acceptors (Lipinski definition) is 2. The zero-order valence-corrected chi connectivity index (χ0v) is 7.99. The molecule has 0 bridgehead atoms. The highest BCUT2D eigenvalue weighted by atomic mass is 16.3. The van der Waals surface area contributed by atoms with Gasteiger partial charge in [0.25, 0.3) is 0 Å². The van der Waals surface area contributed by atoms with Gasteiger partial charge in [-0.05, 0) is 25.5 Å². The van der Waals surface area contributed by atoms with Crippen LogP contribution in [0.15, 0.2) is 34.9 Å². The summed E-state index contributed by atoms with van der Waals surface area (Å²) in [5.41, 5.74) is 2.36. The van der Waals surface area contributed by atoms with E-state index in [1.807, 2.05) is 6.07 Å². The zero-order valence-electron chi connectivity index (χ0n) is 7.99. The van der Waals surface area contributed by atoms with Crippen LogP contribution in [-0.4, -0.2) is 6.54 Å². The molecule has 1 N–H and O–H groups in total. The Bertz CT molecular complexity index is 440. The molecule has 0 saturated carbocycles. The molecule has 2 heteroatoms. The van der Waals surface area contributed by atoms with E-state index in [0.717, 1.165) is 12.1 Å². The van der Waals surface area contributed by atoms with E-state index in [0.29, 0.717) is 6.04 Å². The van der Waals surface area contributed by atoms with E-state index in [4.69, 9.17) is 4.42 Å². The predicted molar refractivity (Wildman–Crippen MR) is 56.2 cm³/mol. The van der Waals surface area contributed by atoms with Crippen molar-refractivity contribution >= 4 is 11.0 Å². The summed E-state index contributed by atoms with van der Waals surface area (Å²) in [7, 11) is 0. The van der Waals surface area contributed by atoms with Crippen molar-refractivity contribution in [1.82, 2.24) is 5.32 Å². The van der Waals surface area contributed by atoms with Gasteiger partial charge < -0.3 is 9.73 Å². The van der Waals surface area contributed by atoms with Crippen LogP contribution in [0.2, 0.25) is 0 Å². The monoisotopic (exact) mass is 187 g/mol. The first-order valence-electron chi connectivity index (χ1n) is 5.15. The van der Waals surface area contributed by atoms with E-state index in [1.165, 1.54) is 23.8 Å². The average Bonchev–Trinajstić information content (AvgIpc) is 2.88. The fourth-order valence-corrected chi connectivity index (χ4v) is 2.24. The maximum Gasteiger partial charge on any atom is 0.138 e. The lowest BCUT2D eigenvalue weighted by atomic mass is 10.0. The summed E-state index contributed by atoms with van der Waals surface area (Å²) in [5.74, 6) is 0. The van der Waals surface area contributed by atoms with Crippen LogP contribution in [-0.2, 0) is 0 Å². The summed E-state index contributed by atoms with van der Waals surface area (Å²) >= 11 is 0. The van der Waals surface area contributed by atoms with Gasteiger partial charge in [-0.15, -0.1) is 0 Å². The highest BCUT2D eigenvalue weighted by Gasteiger charge is 2.19. The van der Waals surface area contributed by atoms with Crippen LogP contribution < -0.4 is 5.32 Å². The normalized spacial score (nSPS) is 21.9. The molecule has 0 radical (unpaired) electrons. The Morgan fingerprint density at radius 2 is 2.29 bits per heavy atom. The lowest BCUT2D eigenvalue weighted by molar-refractivity contribution is 0.588. The standard InChI is InChI=1S/C12H13NO/c1-3-9-6-8-14-12(9)10(4-1)11-5-2-7-13-11/h1,3-4,6,8,11,13H,2,5,7H2. The first-order chi connectivity index (χ1) is 6.95. The van der Waals surface area contributed by atoms with Gasteiger partial charge in [0.15, 0.2) is 0 Å². The highest BCUT2D eigenvalue weighted by molar-refractivity contribution is 5.80. The number of furan rings is 1. The van der Waals surface area contributed by atoms with Crippen molar-refractivity contribution in [1.29, 1.82) is 0 Å². The van der Waals surface area contributed by atoms with Crippen molar-refractivity contribution in [2.24, 2.45) is 0 Å². The molecule has 1 atom stereocenters. The Balaban J connectivity index is 2.14. The van der Waals surface area contributed by atoms with Gasteiger partial charge in [0, 0.05) is 17.0 Å². The fraction of sp³-hybridized carbons (Fsp3) is 0.333. The number of rotatable bonds is 1. The smallest absolute Gasteiger partial charge is 0.138 e. The third kappa shape index (κ3) is 1.15. The molecular weight excluding hydrogens is 174 g/mol. The molecule has 2 aromatic rings. The van der Waals surface area contributed by atoms with E-state index in [2.05, 4.69) is 23.5 Å². The molecular formula is C12H13NO. The van der Waals surface area contributed by atoms with Gasteiger partial charge in [0.1, 0.15) is 5.58 Å². The maximum absolute atomic E-state index is 5.52. The SMILES string of the molecule is c1cc(C2CCCN2)c2occc2c1. The second-order valence-corrected chi connectivity index (χ2v) is 3.84. The molecule has 72 valence electrons. The summed E-state index contributed by atoms with van der Waals surface area (Å²) in [6.45, 7) is 1.13. The molecule has 0 aliphatic carbocycles. The molecule has 1 fully saturated rings. The number of para-hydroxylation sites is 1. The van der Waals surface area contributed by atoms with Crippen LogP contribution in [0.4, 0.5) is 0 Å². The van der Waals surface area contributed by atoms with Gasteiger partial charge in [0.05, 0.1) is 6.26 Å². The minimum Gasteiger partial charge on any atom is -0.464 e. The number of hydrogen-bond donors (Lipinski definition) is 1. The maximum atomic E-state index is 5.52. The van der Waals surface area contributed by atoms with Gasteiger partial charge in [-0.25, -0.2) is 0 Å². The van der Waals surface area contributed by atoms with Crippen molar-refractivity contribution < 1.29 is 4.42 Å². The fourth-order valence-electron chi connectivity index (χ4n) is 2.24. The van der Waals surface area contributed by atoms with Gasteiger partial charge in [-0.1, -0.05) is 18.2 Å². The zero-order chi connectivity index (χ0) is 9.38. The molecule has 1 aliphatic rings.